The Hall–Kier alpha value is -0.780. The van der Waals surface area contributed by atoms with E-state index < -0.39 is 15.3 Å². The Morgan fingerprint density at radius 2 is 2.06 bits per heavy atom. The highest BCUT2D eigenvalue weighted by Crippen LogP contribution is 2.19. The van der Waals surface area contributed by atoms with Crippen molar-refractivity contribution in [1.29, 1.82) is 4.78 Å². The molecule has 1 aliphatic heterocycles. The minimum absolute atomic E-state index is 0.222. The van der Waals surface area contributed by atoms with Gasteiger partial charge in [0, 0.05) is 29.1 Å². The molecule has 1 fully saturated rings. The molecule has 0 spiro atoms. The van der Waals surface area contributed by atoms with Gasteiger partial charge in [0.25, 0.3) is 0 Å². The Morgan fingerprint density at radius 3 is 2.44 bits per heavy atom. The van der Waals surface area contributed by atoms with Crippen molar-refractivity contribution in [3.63, 3.8) is 0 Å². The van der Waals surface area contributed by atoms with Crippen molar-refractivity contribution in [3.05, 3.63) is 0 Å². The number of nitrogens with zero attached hydrogens (tertiary/aromatic N) is 1. The number of ether oxygens (including phenoxy) is 1. The predicted octanol–water partition coefficient (Wildman–Crippen LogP) is 1.67. The SMILES string of the molecule is CC(C)(C)OC(=O)N1CC[C@@H]([S@](C)(=N)=O)C1. The van der Waals surface area contributed by atoms with Gasteiger partial charge < -0.3 is 9.64 Å². The van der Waals surface area contributed by atoms with Gasteiger partial charge in [0.1, 0.15) is 5.60 Å². The average Bonchev–Trinajstić information content (AvgIpc) is 2.46. The lowest BCUT2D eigenvalue weighted by atomic mass is 10.2. The lowest BCUT2D eigenvalue weighted by Gasteiger charge is -2.24. The summed E-state index contributed by atoms with van der Waals surface area (Å²) in [6.45, 7) is 6.33. The molecule has 0 radical (unpaired) electrons. The van der Waals surface area contributed by atoms with Crippen LogP contribution in [0.3, 0.4) is 0 Å². The molecule has 0 aromatic carbocycles. The molecule has 16 heavy (non-hydrogen) atoms. The van der Waals surface area contributed by atoms with E-state index in [1.807, 2.05) is 20.8 Å². The fraction of sp³-hybridized carbons (Fsp3) is 0.900. The van der Waals surface area contributed by atoms with Crippen molar-refractivity contribution in [2.75, 3.05) is 19.3 Å². The molecule has 6 heteroatoms. The third kappa shape index (κ3) is 3.66. The maximum absolute atomic E-state index is 11.7. The van der Waals surface area contributed by atoms with Gasteiger partial charge in [-0.1, -0.05) is 0 Å². The monoisotopic (exact) mass is 248 g/mol. The number of carbonyl (C=O) groups is 1. The van der Waals surface area contributed by atoms with E-state index >= 15 is 0 Å². The van der Waals surface area contributed by atoms with E-state index in [2.05, 4.69) is 0 Å². The van der Waals surface area contributed by atoms with Crippen LogP contribution in [0.2, 0.25) is 0 Å². The zero-order chi connectivity index (χ0) is 12.6. The first-order valence-corrected chi connectivity index (χ1v) is 7.33. The maximum Gasteiger partial charge on any atom is 0.410 e. The molecule has 1 amide bonds. The van der Waals surface area contributed by atoms with E-state index in [4.69, 9.17) is 9.52 Å². The van der Waals surface area contributed by atoms with Gasteiger partial charge in [-0.15, -0.1) is 0 Å². The maximum atomic E-state index is 11.7. The summed E-state index contributed by atoms with van der Waals surface area (Å²) in [6, 6.07) is 0. The van der Waals surface area contributed by atoms with Crippen LogP contribution in [0, 0.1) is 4.78 Å². The van der Waals surface area contributed by atoms with Crippen molar-refractivity contribution in [1.82, 2.24) is 4.90 Å². The molecule has 0 saturated carbocycles. The molecule has 0 aromatic rings. The fourth-order valence-corrected chi connectivity index (χ4v) is 2.61. The molecule has 1 heterocycles. The number of likely N-dealkylation sites (tertiary alicyclic amines) is 1. The van der Waals surface area contributed by atoms with Crippen LogP contribution in [-0.4, -0.2) is 45.4 Å². The van der Waals surface area contributed by atoms with Crippen LogP contribution < -0.4 is 0 Å². The normalized spacial score (nSPS) is 25.2. The van der Waals surface area contributed by atoms with Gasteiger partial charge in [0.2, 0.25) is 0 Å². The molecule has 0 aliphatic carbocycles. The molecule has 1 aliphatic rings. The zero-order valence-corrected chi connectivity index (χ0v) is 11.1. The number of carbonyl (C=O) groups excluding carboxylic acids is 1. The summed E-state index contributed by atoms with van der Waals surface area (Å²) >= 11 is 0. The minimum atomic E-state index is -2.56. The number of nitrogens with one attached hydrogen (secondary N) is 1. The summed E-state index contributed by atoms with van der Waals surface area (Å²) in [6.07, 6.45) is 1.67. The largest absolute Gasteiger partial charge is 0.444 e. The summed E-state index contributed by atoms with van der Waals surface area (Å²) in [7, 11) is -2.56. The molecule has 94 valence electrons. The third-order valence-corrected chi connectivity index (χ3v) is 4.09. The Balaban J connectivity index is 2.57. The van der Waals surface area contributed by atoms with Crippen LogP contribution in [-0.2, 0) is 14.5 Å². The quantitative estimate of drug-likeness (QED) is 0.767. The highest BCUT2D eigenvalue weighted by Gasteiger charge is 2.33. The Kier molecular flexibility index (Phi) is 3.52. The molecule has 0 aromatic heterocycles. The molecular formula is C10H20N2O3S. The van der Waals surface area contributed by atoms with Gasteiger partial charge in [-0.25, -0.2) is 9.00 Å². The topological polar surface area (TPSA) is 70.5 Å². The van der Waals surface area contributed by atoms with Crippen LogP contribution >= 0.6 is 0 Å². The Labute approximate surface area is 97.1 Å². The average molecular weight is 248 g/mol. The van der Waals surface area contributed by atoms with Crippen LogP contribution in [0.15, 0.2) is 0 Å². The van der Waals surface area contributed by atoms with E-state index in [0.29, 0.717) is 19.5 Å². The van der Waals surface area contributed by atoms with Crippen molar-refractivity contribution < 1.29 is 13.7 Å². The molecule has 0 unspecified atom stereocenters. The smallest absolute Gasteiger partial charge is 0.410 e. The lowest BCUT2D eigenvalue weighted by Crippen LogP contribution is -2.36. The Morgan fingerprint density at radius 1 is 1.50 bits per heavy atom. The molecule has 5 nitrogen and oxygen atoms in total. The highest BCUT2D eigenvalue weighted by molar-refractivity contribution is 7.92. The van der Waals surface area contributed by atoms with Gasteiger partial charge in [-0.05, 0) is 27.2 Å². The van der Waals surface area contributed by atoms with Crippen LogP contribution in [0.5, 0.6) is 0 Å². The minimum Gasteiger partial charge on any atom is -0.444 e. The molecular weight excluding hydrogens is 228 g/mol. The lowest BCUT2D eigenvalue weighted by molar-refractivity contribution is 0.0295. The van der Waals surface area contributed by atoms with Crippen molar-refractivity contribution in [2.45, 2.75) is 38.0 Å². The second-order valence-electron chi connectivity index (χ2n) is 5.24. The molecule has 1 rings (SSSR count). The van der Waals surface area contributed by atoms with Gasteiger partial charge >= 0.3 is 6.09 Å². The van der Waals surface area contributed by atoms with E-state index in [0.717, 1.165) is 0 Å². The summed E-state index contributed by atoms with van der Waals surface area (Å²) in [5.41, 5.74) is -0.510. The summed E-state index contributed by atoms with van der Waals surface area (Å²) < 4.78 is 24.2. The first kappa shape index (κ1) is 13.3. The second kappa shape index (κ2) is 4.24. The van der Waals surface area contributed by atoms with Gasteiger partial charge in [0.05, 0.1) is 5.25 Å². The van der Waals surface area contributed by atoms with Crippen LogP contribution in [0.25, 0.3) is 0 Å². The van der Waals surface area contributed by atoms with E-state index in [-0.39, 0.29) is 11.3 Å². The fourth-order valence-electron chi connectivity index (χ4n) is 1.59. The number of rotatable bonds is 1. The zero-order valence-electron chi connectivity index (χ0n) is 10.3. The summed E-state index contributed by atoms with van der Waals surface area (Å²) in [5, 5.41) is -0.222. The second-order valence-corrected chi connectivity index (χ2v) is 7.72. The molecule has 1 N–H and O–H groups in total. The number of hydrogen-bond acceptors (Lipinski definition) is 4. The van der Waals surface area contributed by atoms with E-state index in [1.165, 1.54) is 11.2 Å². The van der Waals surface area contributed by atoms with E-state index in [1.54, 1.807) is 0 Å². The van der Waals surface area contributed by atoms with Gasteiger partial charge in [-0.3, -0.25) is 4.78 Å². The predicted molar refractivity (Wildman–Crippen MR) is 63.0 cm³/mol. The molecule has 2 atom stereocenters. The summed E-state index contributed by atoms with van der Waals surface area (Å²) in [4.78, 5) is 13.2. The molecule has 0 bridgehead atoms. The van der Waals surface area contributed by atoms with Gasteiger partial charge in [0.15, 0.2) is 0 Å². The first-order valence-electron chi connectivity index (χ1n) is 5.30. The molecule has 1 saturated heterocycles. The first-order chi connectivity index (χ1) is 7.09. The van der Waals surface area contributed by atoms with Crippen molar-refractivity contribution in [2.24, 2.45) is 0 Å². The Bertz CT molecular complexity index is 370. The number of amides is 1. The van der Waals surface area contributed by atoms with Crippen molar-refractivity contribution >= 4 is 15.8 Å². The number of hydrogen-bond donors (Lipinski definition) is 1. The van der Waals surface area contributed by atoms with Crippen molar-refractivity contribution in [3.8, 4) is 0 Å². The van der Waals surface area contributed by atoms with Crippen LogP contribution in [0.4, 0.5) is 4.79 Å². The van der Waals surface area contributed by atoms with Gasteiger partial charge in [-0.2, -0.15) is 0 Å². The standard InChI is InChI=1S/C10H20N2O3S/c1-10(2,3)15-9(13)12-6-5-8(7-12)16(4,11)14/h8,11H,5-7H2,1-4H3/t8-,16-/m1/s1. The van der Waals surface area contributed by atoms with E-state index in [9.17, 15) is 9.00 Å². The van der Waals surface area contributed by atoms with Crippen LogP contribution in [0.1, 0.15) is 27.2 Å². The highest BCUT2D eigenvalue weighted by atomic mass is 32.2. The summed E-state index contributed by atoms with van der Waals surface area (Å²) in [5.74, 6) is 0. The third-order valence-electron chi connectivity index (χ3n) is 2.43.